The van der Waals surface area contributed by atoms with Crippen LogP contribution in [0.25, 0.3) is 0 Å². The lowest BCUT2D eigenvalue weighted by Gasteiger charge is -2.45. The summed E-state index contributed by atoms with van der Waals surface area (Å²) in [5, 5.41) is 5.79. The van der Waals surface area contributed by atoms with Gasteiger partial charge in [-0.15, -0.1) is 6.42 Å². The Bertz CT molecular complexity index is 956. The van der Waals surface area contributed by atoms with Crippen molar-refractivity contribution in [3.63, 3.8) is 0 Å². The molecule has 0 fully saturated rings. The second kappa shape index (κ2) is 14.1. The number of carbonyl (C=O) groups excluding carboxylic acids is 3. The number of unbranched alkanes of at least 4 members (excludes halogenated alkanes) is 1. The minimum atomic E-state index is -0.971. The molecule has 0 saturated heterocycles. The first-order chi connectivity index (χ1) is 17.2. The lowest BCUT2D eigenvalue weighted by atomic mass is 9.89. The van der Waals surface area contributed by atoms with E-state index in [1.165, 1.54) is 0 Å². The summed E-state index contributed by atoms with van der Waals surface area (Å²) >= 11 is 0. The smallest absolute Gasteiger partial charge is 0.408 e. The minimum absolute atomic E-state index is 0.102. The highest BCUT2D eigenvalue weighted by molar-refractivity contribution is 5.93. The summed E-state index contributed by atoms with van der Waals surface area (Å²) < 4.78 is 5.46. The predicted molar refractivity (Wildman–Crippen MR) is 149 cm³/mol. The van der Waals surface area contributed by atoms with Crippen molar-refractivity contribution in [2.45, 2.75) is 111 Å². The van der Waals surface area contributed by atoms with E-state index < -0.39 is 29.3 Å². The van der Waals surface area contributed by atoms with E-state index in [-0.39, 0.29) is 17.7 Å². The Morgan fingerprint density at radius 2 is 1.70 bits per heavy atom. The number of hydrogen-bond acceptors (Lipinski definition) is 4. The van der Waals surface area contributed by atoms with Gasteiger partial charge in [-0.05, 0) is 71.4 Å². The number of carbonyl (C=O) groups is 3. The molecular formula is C30H47N3O4. The van der Waals surface area contributed by atoms with E-state index in [4.69, 9.17) is 11.2 Å². The van der Waals surface area contributed by atoms with Crippen molar-refractivity contribution in [3.8, 4) is 12.3 Å². The zero-order valence-corrected chi connectivity index (χ0v) is 24.2. The summed E-state index contributed by atoms with van der Waals surface area (Å²) in [4.78, 5) is 42.5. The van der Waals surface area contributed by atoms with Crippen LogP contribution in [0.4, 0.5) is 4.79 Å². The van der Waals surface area contributed by atoms with Crippen LogP contribution in [0, 0.1) is 18.3 Å². The number of terminal acetylenes is 1. The van der Waals surface area contributed by atoms with E-state index in [2.05, 4.69) is 16.6 Å². The van der Waals surface area contributed by atoms with E-state index in [1.54, 1.807) is 37.8 Å². The molecule has 0 saturated carbocycles. The molecular weight excluding hydrogens is 466 g/mol. The molecule has 0 aromatic heterocycles. The molecule has 2 unspecified atom stereocenters. The van der Waals surface area contributed by atoms with Crippen molar-refractivity contribution in [1.82, 2.24) is 15.5 Å². The van der Waals surface area contributed by atoms with Gasteiger partial charge in [-0.1, -0.05) is 58.2 Å². The molecule has 3 amide bonds. The Balaban J connectivity index is 3.69. The van der Waals surface area contributed by atoms with Crippen molar-refractivity contribution in [2.24, 2.45) is 5.92 Å². The molecule has 206 valence electrons. The lowest BCUT2D eigenvalue weighted by molar-refractivity contribution is -0.149. The van der Waals surface area contributed by atoms with E-state index >= 15 is 0 Å². The van der Waals surface area contributed by atoms with Gasteiger partial charge in [0, 0.05) is 17.6 Å². The second-order valence-electron chi connectivity index (χ2n) is 11.5. The van der Waals surface area contributed by atoms with Crippen molar-refractivity contribution in [1.29, 1.82) is 0 Å². The molecule has 1 aromatic carbocycles. The van der Waals surface area contributed by atoms with Crippen LogP contribution in [0.5, 0.6) is 0 Å². The van der Waals surface area contributed by atoms with Gasteiger partial charge < -0.3 is 20.3 Å². The summed E-state index contributed by atoms with van der Waals surface area (Å²) in [6.07, 6.45) is 7.85. The van der Waals surface area contributed by atoms with Crippen LogP contribution in [-0.4, -0.2) is 46.5 Å². The zero-order valence-electron chi connectivity index (χ0n) is 24.2. The Morgan fingerprint density at radius 1 is 1.08 bits per heavy atom. The Hall–Kier alpha value is -3.01. The molecule has 2 atom stereocenters. The Morgan fingerprint density at radius 3 is 2.22 bits per heavy atom. The highest BCUT2D eigenvalue weighted by Crippen LogP contribution is 2.34. The van der Waals surface area contributed by atoms with Crippen LogP contribution < -0.4 is 10.6 Å². The largest absolute Gasteiger partial charge is 0.444 e. The lowest BCUT2D eigenvalue weighted by Crippen LogP contribution is -2.59. The second-order valence-corrected chi connectivity index (χ2v) is 11.5. The van der Waals surface area contributed by atoms with Crippen LogP contribution in [0.1, 0.15) is 105 Å². The standard InChI is InChI=1S/C30H47N3O4/c1-11-14-19-31-26(34)25(23-18-16-15-17-22(23)12-2)33(30(9,10)13-3)27(35)24(20-21(4)5)32-28(36)37-29(6,7)8/h2,15-18,21,24-25H,11,13-14,19-20H2,1,3-10H3,(H,31,34)(H,32,36). The average Bonchev–Trinajstić information content (AvgIpc) is 2.80. The zero-order chi connectivity index (χ0) is 28.4. The number of alkyl carbamates (subject to hydrolysis) is 1. The molecule has 7 heteroatoms. The number of rotatable bonds is 12. The molecule has 0 aliphatic carbocycles. The fourth-order valence-corrected chi connectivity index (χ4v) is 4.01. The molecule has 0 heterocycles. The third kappa shape index (κ3) is 9.76. The number of nitrogens with one attached hydrogen (secondary N) is 2. The van der Waals surface area contributed by atoms with Crippen molar-refractivity contribution in [2.75, 3.05) is 6.54 Å². The first kappa shape index (κ1) is 32.0. The SMILES string of the molecule is C#Cc1ccccc1C(C(=O)NCCCC)N(C(=O)C(CC(C)C)NC(=O)OC(C)(C)C)C(C)(C)CC. The molecule has 1 aromatic rings. The van der Waals surface area contributed by atoms with Crippen LogP contribution in [0.3, 0.4) is 0 Å². The Labute approximate surface area is 224 Å². The predicted octanol–water partition coefficient (Wildman–Crippen LogP) is 5.58. The van der Waals surface area contributed by atoms with Crippen LogP contribution in [0.15, 0.2) is 24.3 Å². The quantitative estimate of drug-likeness (QED) is 0.282. The monoisotopic (exact) mass is 513 g/mol. The molecule has 37 heavy (non-hydrogen) atoms. The van der Waals surface area contributed by atoms with Gasteiger partial charge >= 0.3 is 6.09 Å². The van der Waals surface area contributed by atoms with Gasteiger partial charge in [-0.25, -0.2) is 4.79 Å². The van der Waals surface area contributed by atoms with Crippen LogP contribution >= 0.6 is 0 Å². The number of benzene rings is 1. The molecule has 0 aliphatic heterocycles. The van der Waals surface area contributed by atoms with Crippen LogP contribution in [-0.2, 0) is 14.3 Å². The third-order valence-electron chi connectivity index (χ3n) is 6.20. The van der Waals surface area contributed by atoms with Gasteiger partial charge in [0.05, 0.1) is 0 Å². The molecule has 0 spiro atoms. The van der Waals surface area contributed by atoms with Gasteiger partial charge in [0.1, 0.15) is 17.7 Å². The minimum Gasteiger partial charge on any atom is -0.444 e. The van der Waals surface area contributed by atoms with Gasteiger partial charge in [0.25, 0.3) is 0 Å². The van der Waals surface area contributed by atoms with E-state index in [9.17, 15) is 14.4 Å². The first-order valence-corrected chi connectivity index (χ1v) is 13.3. The summed E-state index contributed by atoms with van der Waals surface area (Å²) in [5.74, 6) is 2.12. The highest BCUT2D eigenvalue weighted by atomic mass is 16.6. The summed E-state index contributed by atoms with van der Waals surface area (Å²) in [6, 6.07) is 5.34. The first-order valence-electron chi connectivity index (χ1n) is 13.3. The van der Waals surface area contributed by atoms with Crippen molar-refractivity contribution in [3.05, 3.63) is 35.4 Å². The maximum absolute atomic E-state index is 14.4. The maximum atomic E-state index is 14.4. The normalized spacial score (nSPS) is 13.3. The molecule has 0 aliphatic rings. The van der Waals surface area contributed by atoms with Gasteiger partial charge in [-0.2, -0.15) is 0 Å². The molecule has 1 rings (SSSR count). The molecule has 7 nitrogen and oxygen atoms in total. The van der Waals surface area contributed by atoms with Gasteiger partial charge in [-0.3, -0.25) is 9.59 Å². The fourth-order valence-electron chi connectivity index (χ4n) is 4.01. The Kier molecular flexibility index (Phi) is 12.2. The highest BCUT2D eigenvalue weighted by Gasteiger charge is 2.43. The van der Waals surface area contributed by atoms with E-state index in [0.29, 0.717) is 30.5 Å². The third-order valence-corrected chi connectivity index (χ3v) is 6.20. The number of ether oxygens (including phenoxy) is 1. The summed E-state index contributed by atoms with van der Waals surface area (Å²) in [7, 11) is 0. The van der Waals surface area contributed by atoms with E-state index in [0.717, 1.165) is 12.8 Å². The van der Waals surface area contributed by atoms with Crippen LogP contribution in [0.2, 0.25) is 0 Å². The van der Waals surface area contributed by atoms with Gasteiger partial charge in [0.2, 0.25) is 11.8 Å². The summed E-state index contributed by atoms with van der Waals surface area (Å²) in [6.45, 7) is 17.6. The fraction of sp³-hybridized carbons (Fsp3) is 0.633. The molecule has 0 radical (unpaired) electrons. The number of amides is 3. The van der Waals surface area contributed by atoms with Crippen molar-refractivity contribution >= 4 is 17.9 Å². The number of hydrogen-bond donors (Lipinski definition) is 2. The molecule has 2 N–H and O–H groups in total. The number of nitrogens with zero attached hydrogens (tertiary/aromatic N) is 1. The maximum Gasteiger partial charge on any atom is 0.408 e. The van der Waals surface area contributed by atoms with Gasteiger partial charge in [0.15, 0.2) is 0 Å². The average molecular weight is 514 g/mol. The van der Waals surface area contributed by atoms with E-state index in [1.807, 2.05) is 53.7 Å². The molecule has 0 bridgehead atoms. The van der Waals surface area contributed by atoms with Crippen molar-refractivity contribution < 1.29 is 19.1 Å². The topological polar surface area (TPSA) is 87.7 Å². The summed E-state index contributed by atoms with van der Waals surface area (Å²) in [5.41, 5.74) is -0.320.